The molecule has 7 nitrogen and oxygen atoms in total. The van der Waals surface area contributed by atoms with Crippen LogP contribution in [0.15, 0.2) is 12.4 Å². The Morgan fingerprint density at radius 2 is 1.67 bits per heavy atom. The molecule has 4 unspecified atom stereocenters. The summed E-state index contributed by atoms with van der Waals surface area (Å²) in [5.74, 6) is -0.433. The average molecular weight is 289 g/mol. The maximum atomic E-state index is 12.4. The molecular formula is C14H15N3O4. The first kappa shape index (κ1) is 12.7. The second-order valence-electron chi connectivity index (χ2n) is 5.92. The van der Waals surface area contributed by atoms with Gasteiger partial charge in [0.1, 0.15) is 5.69 Å². The molecule has 4 rings (SSSR count). The Labute approximate surface area is 120 Å². The molecule has 0 saturated carbocycles. The minimum Gasteiger partial charge on any atom is -0.476 e. The van der Waals surface area contributed by atoms with Gasteiger partial charge in [-0.1, -0.05) is 0 Å². The first-order valence-corrected chi connectivity index (χ1v) is 7.13. The van der Waals surface area contributed by atoms with Crippen molar-refractivity contribution in [3.63, 3.8) is 0 Å². The molecule has 1 aromatic heterocycles. The van der Waals surface area contributed by atoms with Crippen molar-refractivity contribution in [2.45, 2.75) is 25.0 Å². The number of amides is 1. The van der Waals surface area contributed by atoms with E-state index in [9.17, 15) is 9.59 Å². The van der Waals surface area contributed by atoms with Crippen molar-refractivity contribution in [1.29, 1.82) is 0 Å². The number of carboxylic acids is 1. The SMILES string of the molecule is O=C(O)c1cnc(C(=O)N2CC3C4CCC(O4)C3C2)cn1. The van der Waals surface area contributed by atoms with Gasteiger partial charge in [-0.05, 0) is 12.8 Å². The first-order chi connectivity index (χ1) is 10.1. The van der Waals surface area contributed by atoms with Crippen LogP contribution >= 0.6 is 0 Å². The van der Waals surface area contributed by atoms with E-state index in [0.29, 0.717) is 37.1 Å². The van der Waals surface area contributed by atoms with Gasteiger partial charge in [-0.3, -0.25) is 4.79 Å². The van der Waals surface area contributed by atoms with Crippen LogP contribution in [-0.4, -0.2) is 57.1 Å². The van der Waals surface area contributed by atoms with Crippen LogP contribution in [-0.2, 0) is 4.74 Å². The Morgan fingerprint density at radius 3 is 2.19 bits per heavy atom. The number of nitrogens with zero attached hydrogens (tertiary/aromatic N) is 3. The molecule has 3 saturated heterocycles. The smallest absolute Gasteiger partial charge is 0.356 e. The Kier molecular flexibility index (Phi) is 2.72. The predicted octanol–water partition coefficient (Wildman–Crippen LogP) is 0.424. The van der Waals surface area contributed by atoms with E-state index in [0.717, 1.165) is 19.0 Å². The standard InChI is InChI=1S/C14H15N3O4/c18-13(9-3-16-10(4-15-9)14(19)20)17-5-7-8(6-17)12-2-1-11(7)21-12/h3-4,7-8,11-12H,1-2,5-6H2,(H,19,20). The van der Waals surface area contributed by atoms with Crippen LogP contribution in [0.2, 0.25) is 0 Å². The van der Waals surface area contributed by atoms with Crippen molar-refractivity contribution in [3.05, 3.63) is 23.8 Å². The van der Waals surface area contributed by atoms with E-state index >= 15 is 0 Å². The second kappa shape index (κ2) is 4.49. The van der Waals surface area contributed by atoms with Gasteiger partial charge in [-0.2, -0.15) is 0 Å². The minimum atomic E-state index is -1.15. The summed E-state index contributed by atoms with van der Waals surface area (Å²) in [6, 6.07) is 0. The zero-order valence-corrected chi connectivity index (χ0v) is 11.3. The molecule has 4 atom stereocenters. The summed E-state index contributed by atoms with van der Waals surface area (Å²) in [6.45, 7) is 1.40. The maximum Gasteiger partial charge on any atom is 0.356 e. The minimum absolute atomic E-state index is 0.156. The van der Waals surface area contributed by atoms with Crippen LogP contribution < -0.4 is 0 Å². The van der Waals surface area contributed by atoms with Crippen LogP contribution in [0.4, 0.5) is 0 Å². The van der Waals surface area contributed by atoms with E-state index in [1.807, 2.05) is 0 Å². The Balaban J connectivity index is 1.50. The van der Waals surface area contributed by atoms with E-state index in [2.05, 4.69) is 9.97 Å². The van der Waals surface area contributed by atoms with Gasteiger partial charge in [-0.15, -0.1) is 0 Å². The number of carboxylic acid groups (broad SMARTS) is 1. The summed E-state index contributed by atoms with van der Waals surface area (Å²) in [4.78, 5) is 32.6. The number of carbonyl (C=O) groups excluding carboxylic acids is 1. The van der Waals surface area contributed by atoms with Crippen molar-refractivity contribution in [2.75, 3.05) is 13.1 Å². The third-order valence-electron chi connectivity index (χ3n) is 4.83. The average Bonchev–Trinajstić information content (AvgIpc) is 3.18. The van der Waals surface area contributed by atoms with Crippen molar-refractivity contribution >= 4 is 11.9 Å². The van der Waals surface area contributed by atoms with Crippen LogP contribution in [0.5, 0.6) is 0 Å². The Morgan fingerprint density at radius 1 is 1.10 bits per heavy atom. The van der Waals surface area contributed by atoms with Gasteiger partial charge in [0.25, 0.3) is 5.91 Å². The highest BCUT2D eigenvalue weighted by molar-refractivity contribution is 5.93. The zero-order chi connectivity index (χ0) is 14.6. The van der Waals surface area contributed by atoms with Gasteiger partial charge in [-0.25, -0.2) is 14.8 Å². The van der Waals surface area contributed by atoms with Crippen LogP contribution in [0.3, 0.4) is 0 Å². The summed E-state index contributed by atoms with van der Waals surface area (Å²) < 4.78 is 5.88. The lowest BCUT2D eigenvalue weighted by atomic mass is 9.82. The molecule has 4 heterocycles. The summed E-state index contributed by atoms with van der Waals surface area (Å²) in [5.41, 5.74) is 0.0459. The number of likely N-dealkylation sites (tertiary alicyclic amines) is 1. The number of hydrogen-bond donors (Lipinski definition) is 1. The Hall–Kier alpha value is -2.02. The molecule has 3 aliphatic heterocycles. The van der Waals surface area contributed by atoms with Gasteiger partial charge in [0.05, 0.1) is 24.6 Å². The fourth-order valence-electron chi connectivity index (χ4n) is 3.84. The lowest BCUT2D eigenvalue weighted by Crippen LogP contribution is -2.32. The first-order valence-electron chi connectivity index (χ1n) is 7.13. The van der Waals surface area contributed by atoms with E-state index in [1.54, 1.807) is 4.90 Å². The number of hydrogen-bond acceptors (Lipinski definition) is 5. The van der Waals surface area contributed by atoms with Crippen LogP contribution in [0.1, 0.15) is 33.8 Å². The molecule has 0 aliphatic carbocycles. The largest absolute Gasteiger partial charge is 0.476 e. The highest BCUT2D eigenvalue weighted by Crippen LogP contribution is 2.47. The van der Waals surface area contributed by atoms with E-state index < -0.39 is 5.97 Å². The number of rotatable bonds is 2. The van der Waals surface area contributed by atoms with E-state index in [1.165, 1.54) is 6.20 Å². The fraction of sp³-hybridized carbons (Fsp3) is 0.571. The molecule has 0 radical (unpaired) electrons. The predicted molar refractivity (Wildman–Crippen MR) is 69.8 cm³/mol. The second-order valence-corrected chi connectivity index (χ2v) is 5.92. The van der Waals surface area contributed by atoms with Gasteiger partial charge in [0.15, 0.2) is 5.69 Å². The number of fused-ring (bicyclic) bond motifs is 5. The van der Waals surface area contributed by atoms with Crippen molar-refractivity contribution in [3.8, 4) is 0 Å². The van der Waals surface area contributed by atoms with Crippen molar-refractivity contribution in [2.24, 2.45) is 11.8 Å². The molecule has 110 valence electrons. The molecule has 0 aromatic carbocycles. The number of aromatic nitrogens is 2. The highest BCUT2D eigenvalue weighted by atomic mass is 16.5. The topological polar surface area (TPSA) is 92.6 Å². The third-order valence-corrected chi connectivity index (χ3v) is 4.83. The fourth-order valence-corrected chi connectivity index (χ4v) is 3.84. The zero-order valence-electron chi connectivity index (χ0n) is 11.3. The number of carbonyl (C=O) groups is 2. The van der Waals surface area contributed by atoms with E-state index in [-0.39, 0.29) is 17.3 Å². The van der Waals surface area contributed by atoms with Gasteiger partial charge >= 0.3 is 5.97 Å². The summed E-state index contributed by atoms with van der Waals surface area (Å²) in [7, 11) is 0. The normalized spacial score (nSPS) is 33.2. The molecule has 2 bridgehead atoms. The quantitative estimate of drug-likeness (QED) is 0.848. The lowest BCUT2D eigenvalue weighted by molar-refractivity contribution is 0.0588. The van der Waals surface area contributed by atoms with E-state index in [4.69, 9.17) is 9.84 Å². The summed E-state index contributed by atoms with van der Waals surface area (Å²) in [6.07, 6.45) is 5.17. The summed E-state index contributed by atoms with van der Waals surface area (Å²) in [5, 5.41) is 8.79. The molecule has 21 heavy (non-hydrogen) atoms. The third kappa shape index (κ3) is 1.91. The lowest BCUT2D eigenvalue weighted by Gasteiger charge is -2.18. The van der Waals surface area contributed by atoms with Gasteiger partial charge < -0.3 is 14.7 Å². The maximum absolute atomic E-state index is 12.4. The van der Waals surface area contributed by atoms with Crippen molar-refractivity contribution < 1.29 is 19.4 Å². The number of aromatic carboxylic acids is 1. The molecule has 3 aliphatic rings. The molecule has 7 heteroatoms. The molecular weight excluding hydrogens is 274 g/mol. The molecule has 1 amide bonds. The monoisotopic (exact) mass is 289 g/mol. The van der Waals surface area contributed by atoms with Gasteiger partial charge in [0, 0.05) is 24.9 Å². The van der Waals surface area contributed by atoms with Crippen LogP contribution in [0.25, 0.3) is 0 Å². The summed E-state index contributed by atoms with van der Waals surface area (Å²) >= 11 is 0. The highest BCUT2D eigenvalue weighted by Gasteiger charge is 2.53. The van der Waals surface area contributed by atoms with Crippen LogP contribution in [0, 0.1) is 11.8 Å². The molecule has 1 N–H and O–H groups in total. The molecule has 1 aromatic rings. The Bertz CT molecular complexity index is 585. The van der Waals surface area contributed by atoms with Gasteiger partial charge in [0.2, 0.25) is 0 Å². The molecule has 0 spiro atoms. The number of ether oxygens (including phenoxy) is 1. The van der Waals surface area contributed by atoms with Crippen molar-refractivity contribution in [1.82, 2.24) is 14.9 Å². The molecule has 3 fully saturated rings.